The highest BCUT2D eigenvalue weighted by Crippen LogP contribution is 2.23. The number of nitrogens with two attached hydrogens (primary N) is 6. The molecule has 59 nitrogen and oxygen atoms in total. The summed E-state index contributed by atoms with van der Waals surface area (Å²) >= 11 is 8.29. The molecule has 42 N–H and O–H groups in total. The molecule has 0 spiro atoms. The Bertz CT molecular complexity index is 4900. The van der Waals surface area contributed by atoms with Crippen LogP contribution in [-0.2, 0) is 112 Å². The van der Waals surface area contributed by atoms with Crippen LogP contribution in [0.2, 0.25) is 0 Å². The summed E-state index contributed by atoms with van der Waals surface area (Å²) in [5.41, 5.74) is 34.2. The van der Waals surface area contributed by atoms with Crippen molar-refractivity contribution in [3.63, 3.8) is 0 Å². The SMILES string of the molecule is CC(C)[C@H](NC(=O)CNC(=O)[C@@H](NC(=O)[C@H](CCC(N)=O)NC(=O)CNC(=O)[C@H](CS)NC(=O)[C@H](C)NC(=O)[C@H](C)NC(=O)[C@H](CO)NC(=O)[C@H](CS)NC(=O)[C@H](CCCCN)NC(=O)[C@H](CO)NC(=O)[C@H](Cc1c[nH]c2ccccc12)NC(=O)[C@@H]1CCCN1C(=O)[C@@H](N)CO)[C@@H](C)O)C(=O)N[C@@H](CCC(N)=O)C(=O)N[C@H](C(=O)N[C@@H](CCCNC(=N)N)C(=O)N[C@H](C(=O)N[C@@H](CCCNC(=N)N)C(=O)O)[C@@H](C)O)[C@@H](C)O. The van der Waals surface area contributed by atoms with Gasteiger partial charge in [0.15, 0.2) is 11.9 Å². The van der Waals surface area contributed by atoms with Crippen LogP contribution in [0.15, 0.2) is 30.5 Å². The number of carboxylic acid groups (broad SMARTS) is 1. The predicted octanol–water partition coefficient (Wildman–Crippen LogP) is -16.0. The molecular formula is C86H142N30O29S2. The molecule has 2 heterocycles. The van der Waals surface area contributed by atoms with Crippen LogP contribution < -0.4 is 141 Å². The Hall–Kier alpha value is -14.0. The van der Waals surface area contributed by atoms with Gasteiger partial charge in [-0.3, -0.25) is 112 Å². The molecule has 1 aromatic heterocycles. The lowest BCUT2D eigenvalue weighted by atomic mass is 10.0. The molecule has 21 amide bonds. The molecule has 1 fully saturated rings. The topological polar surface area (TPSA) is 981 Å². The fourth-order valence-electron chi connectivity index (χ4n) is 14.3. The fourth-order valence-corrected chi connectivity index (χ4v) is 14.8. The van der Waals surface area contributed by atoms with Crippen LogP contribution in [0, 0.1) is 16.7 Å². The first-order valence-corrected chi connectivity index (χ1v) is 48.2. The number of thiol groups is 2. The zero-order chi connectivity index (χ0) is 111. The Labute approximate surface area is 854 Å². The van der Waals surface area contributed by atoms with Crippen molar-refractivity contribution in [2.45, 2.75) is 265 Å². The van der Waals surface area contributed by atoms with Crippen LogP contribution in [0.25, 0.3) is 10.9 Å². The number of aromatic nitrogens is 1. The summed E-state index contributed by atoms with van der Waals surface area (Å²) < 4.78 is 0. The Balaban J connectivity index is 1.66. The molecule has 0 unspecified atom stereocenters. The molecule has 822 valence electrons. The average molecular weight is 2120 g/mol. The number of amides is 21. The summed E-state index contributed by atoms with van der Waals surface area (Å²) in [5.74, 6) is -27.0. The van der Waals surface area contributed by atoms with Crippen molar-refractivity contribution < 1.29 is 141 Å². The first-order chi connectivity index (χ1) is 69.2. The molecule has 0 saturated carbocycles. The number of nitrogens with zero attached hydrogens (tertiary/aromatic N) is 1. The Morgan fingerprint density at radius 1 is 0.422 bits per heavy atom. The third-order valence-electron chi connectivity index (χ3n) is 22.6. The van der Waals surface area contributed by atoms with Gasteiger partial charge in [0.25, 0.3) is 0 Å². The summed E-state index contributed by atoms with van der Waals surface area (Å²) in [4.78, 5) is 302. The van der Waals surface area contributed by atoms with Crippen LogP contribution in [0.3, 0.4) is 0 Å². The van der Waals surface area contributed by atoms with Gasteiger partial charge in [0.05, 0.1) is 51.2 Å². The molecule has 0 aliphatic carbocycles. The zero-order valence-electron chi connectivity index (χ0n) is 82.2. The lowest BCUT2D eigenvalue weighted by molar-refractivity contribution is -0.143. The highest BCUT2D eigenvalue weighted by atomic mass is 32.1. The number of H-pyrrole nitrogens is 1. The number of aliphatic carboxylic acids is 1. The van der Waals surface area contributed by atoms with Crippen molar-refractivity contribution in [2.75, 3.05) is 70.6 Å². The highest BCUT2D eigenvalue weighted by molar-refractivity contribution is 7.80. The third kappa shape index (κ3) is 44.1. The van der Waals surface area contributed by atoms with E-state index in [0.29, 0.717) is 29.3 Å². The van der Waals surface area contributed by atoms with E-state index >= 15 is 0 Å². The number of unbranched alkanes of at least 4 members (excludes halogenated alkanes) is 1. The third-order valence-corrected chi connectivity index (χ3v) is 23.3. The van der Waals surface area contributed by atoms with Gasteiger partial charge in [0, 0.05) is 67.5 Å². The second-order valence-electron chi connectivity index (χ2n) is 34.9. The van der Waals surface area contributed by atoms with Crippen LogP contribution in [0.4, 0.5) is 0 Å². The number of primary amides is 2. The number of likely N-dealkylation sites (tertiary alicyclic amines) is 1. The van der Waals surface area contributed by atoms with Gasteiger partial charge < -0.3 is 186 Å². The summed E-state index contributed by atoms with van der Waals surface area (Å²) in [6.07, 6.45) is -5.83. The molecule has 1 saturated heterocycles. The van der Waals surface area contributed by atoms with E-state index in [1.54, 1.807) is 30.5 Å². The first kappa shape index (κ1) is 127. The quantitative estimate of drug-likeness (QED) is 0.0127. The number of nitrogens with one attached hydrogen (secondary N) is 23. The summed E-state index contributed by atoms with van der Waals surface area (Å²) in [5, 5.41) is 134. The molecule has 1 aliphatic rings. The van der Waals surface area contributed by atoms with Crippen LogP contribution in [0.1, 0.15) is 138 Å². The van der Waals surface area contributed by atoms with Crippen molar-refractivity contribution >= 4 is 178 Å². The van der Waals surface area contributed by atoms with E-state index in [-0.39, 0.29) is 77.5 Å². The molecule has 1 aromatic carbocycles. The smallest absolute Gasteiger partial charge is 0.326 e. The highest BCUT2D eigenvalue weighted by Gasteiger charge is 2.43. The largest absolute Gasteiger partial charge is 0.480 e. The number of para-hydroxylation sites is 1. The van der Waals surface area contributed by atoms with E-state index in [1.165, 1.54) is 18.7 Å². The monoisotopic (exact) mass is 2120 g/mol. The molecule has 1 aliphatic heterocycles. The molecule has 0 bridgehead atoms. The molecule has 0 radical (unpaired) electrons. The number of fused-ring (bicyclic) bond motifs is 1. The molecule has 2 aromatic rings. The minimum atomic E-state index is -2.01. The minimum Gasteiger partial charge on any atom is -0.480 e. The van der Waals surface area contributed by atoms with E-state index in [0.717, 1.165) is 34.6 Å². The number of rotatable bonds is 67. The van der Waals surface area contributed by atoms with E-state index in [1.807, 2.05) is 0 Å². The second-order valence-corrected chi connectivity index (χ2v) is 35.6. The maximum atomic E-state index is 14.3. The second kappa shape index (κ2) is 64.8. The van der Waals surface area contributed by atoms with Crippen LogP contribution >= 0.6 is 25.3 Å². The van der Waals surface area contributed by atoms with Gasteiger partial charge in [-0.25, -0.2) is 4.79 Å². The van der Waals surface area contributed by atoms with Crippen molar-refractivity contribution in [3.8, 4) is 0 Å². The Morgan fingerprint density at radius 2 is 0.803 bits per heavy atom. The standard InChI is InChI=1S/C86H142N30O29S2/c1-38(2)63(80(140)105-51(22-24-60(90)124)73(133)115-65(42(6)121)81(141)104-49(18-12-26-95-85(91)92)71(131)114-66(43(7)122)82(142)106-52(84(144)145)19-13-27-96-86(93)94)112-62(126)32-99-79(139)64(41(5)120)113-72(132)50(21-23-59(89)123)102-61(125)31-98-69(129)56(36-146)110-68(128)40(4)100-67(127)39(3)101-75(135)54(34-118)109-77(137)57(37-147)111-70(130)48(17-10-11-25-87)103-76(136)55(35-119)108-74(134)53(29-44-30-97-47-16-9-8-15-45(44)47)107-78(138)58-20-14-28-116(58)83(143)46(88)33-117/h8-9,15-16,30,38-43,46,48-58,63-66,97,117-122,146-147H,10-14,17-29,31-37,87-88H2,1-7H3,(H2,89,123)(H2,90,124)(H,98,129)(H,99,139)(H,100,127)(H,101,135)(H,102,125)(H,103,136)(H,104,141)(H,105,140)(H,106,142)(H,107,138)(H,108,134)(H,109,137)(H,110,128)(H,111,130)(H,112,126)(H,113,132)(H,114,131)(H,115,133)(H,144,145)(H4,91,92,95)(H4,93,94,96)/t39-,40-,41+,42+,43+,46-,48-,49-,50-,51-,52-,53-,54-,55-,56-,57-,58-,63-,64-,65-,66-/m0/s1. The number of guanidine groups is 2. The Morgan fingerprint density at radius 3 is 1.27 bits per heavy atom. The molecule has 147 heavy (non-hydrogen) atoms. The van der Waals surface area contributed by atoms with E-state index in [9.17, 15) is 141 Å². The number of hydrogen-bond acceptors (Lipinski definition) is 34. The summed E-state index contributed by atoms with van der Waals surface area (Å²) in [7, 11) is 0. The maximum absolute atomic E-state index is 14.3. The number of carbonyl (C=O) groups is 22. The lowest BCUT2D eigenvalue weighted by Gasteiger charge is -2.29. The van der Waals surface area contributed by atoms with E-state index < -0.39 is 345 Å². The van der Waals surface area contributed by atoms with Gasteiger partial charge >= 0.3 is 5.97 Å². The number of carboxylic acids is 1. The summed E-state index contributed by atoms with van der Waals surface area (Å²) in [6, 6.07) is -22.5. The van der Waals surface area contributed by atoms with E-state index in [2.05, 4.69) is 137 Å². The molecular weight excluding hydrogens is 1980 g/mol. The molecule has 61 heteroatoms. The van der Waals surface area contributed by atoms with Crippen molar-refractivity contribution in [1.82, 2.24) is 116 Å². The Kier molecular flexibility index (Phi) is 56.1. The number of hydrogen-bond donors (Lipinski definition) is 38. The van der Waals surface area contributed by atoms with Gasteiger partial charge in [0.1, 0.15) is 109 Å². The number of carbonyl (C=O) groups excluding carboxylic acids is 21. The van der Waals surface area contributed by atoms with Crippen molar-refractivity contribution in [1.29, 1.82) is 10.8 Å². The number of aromatic amines is 1. The lowest BCUT2D eigenvalue weighted by Crippen LogP contribution is -2.62. The van der Waals surface area contributed by atoms with Gasteiger partial charge in [-0.15, -0.1) is 0 Å². The van der Waals surface area contributed by atoms with E-state index in [4.69, 9.17) is 45.2 Å². The maximum Gasteiger partial charge on any atom is 0.326 e. The van der Waals surface area contributed by atoms with Crippen LogP contribution in [-0.4, -0.2) is 385 Å². The molecule has 3 rings (SSSR count). The number of benzene rings is 1. The average Bonchev–Trinajstić information content (AvgIpc) is 1.68. The van der Waals surface area contributed by atoms with Crippen LogP contribution in [0.5, 0.6) is 0 Å². The molecule has 21 atom stereocenters. The fraction of sp³-hybridized carbons (Fsp3) is 0.628. The van der Waals surface area contributed by atoms with Crippen molar-refractivity contribution in [3.05, 3.63) is 36.0 Å². The van der Waals surface area contributed by atoms with Gasteiger partial charge in [0.2, 0.25) is 124 Å². The zero-order valence-corrected chi connectivity index (χ0v) is 84.0. The van der Waals surface area contributed by atoms with Gasteiger partial charge in [-0.2, -0.15) is 25.3 Å². The number of aliphatic hydroxyl groups is 6. The number of aliphatic hydroxyl groups excluding tert-OH is 6. The first-order valence-electron chi connectivity index (χ1n) is 46.9. The normalized spacial score (nSPS) is 16.3. The predicted molar refractivity (Wildman–Crippen MR) is 528 cm³/mol. The van der Waals surface area contributed by atoms with Crippen molar-refractivity contribution in [2.24, 2.45) is 40.3 Å². The summed E-state index contributed by atoms with van der Waals surface area (Å²) in [6.45, 7) is 3.66. The van der Waals surface area contributed by atoms with Gasteiger partial charge in [-0.1, -0.05) is 32.0 Å². The van der Waals surface area contributed by atoms with Gasteiger partial charge in [-0.05, 0) is 129 Å². The minimum absolute atomic E-state index is 0.0417.